The van der Waals surface area contributed by atoms with Crippen LogP contribution in [0.2, 0.25) is 0 Å². The van der Waals surface area contributed by atoms with Crippen molar-refractivity contribution in [3.8, 4) is 0 Å². The van der Waals surface area contributed by atoms with Crippen LogP contribution in [0.5, 0.6) is 0 Å². The van der Waals surface area contributed by atoms with Crippen LogP contribution < -0.4 is 0 Å². The maximum Gasteiger partial charge on any atom is 0.169 e. The van der Waals surface area contributed by atoms with Gasteiger partial charge in [-0.3, -0.25) is 4.79 Å². The standard InChI is InChI=1S/C11H14O2S/c1-8(12)10-2-3-11(14-10)9-4-6-13-7-5-9/h2-3,9H,4-7H2,1H3. The second-order valence-corrected chi connectivity index (χ2v) is 4.76. The Balaban J connectivity index is 2.11. The molecular weight excluding hydrogens is 196 g/mol. The second-order valence-electron chi connectivity index (χ2n) is 3.64. The molecule has 0 amide bonds. The highest BCUT2D eigenvalue weighted by molar-refractivity contribution is 7.14. The molecule has 1 aliphatic rings. The summed E-state index contributed by atoms with van der Waals surface area (Å²) in [6.07, 6.45) is 2.19. The van der Waals surface area contributed by atoms with E-state index in [1.165, 1.54) is 4.88 Å². The van der Waals surface area contributed by atoms with Gasteiger partial charge in [0.25, 0.3) is 0 Å². The summed E-state index contributed by atoms with van der Waals surface area (Å²) in [6, 6.07) is 4.04. The third kappa shape index (κ3) is 2.04. The van der Waals surface area contributed by atoms with Crippen molar-refractivity contribution in [3.63, 3.8) is 0 Å². The Kier molecular flexibility index (Phi) is 2.99. The van der Waals surface area contributed by atoms with E-state index in [9.17, 15) is 4.79 Å². The quantitative estimate of drug-likeness (QED) is 0.702. The van der Waals surface area contributed by atoms with Crippen molar-refractivity contribution in [2.45, 2.75) is 25.7 Å². The monoisotopic (exact) mass is 210 g/mol. The van der Waals surface area contributed by atoms with E-state index >= 15 is 0 Å². The lowest BCUT2D eigenvalue weighted by molar-refractivity contribution is 0.0860. The molecule has 2 rings (SSSR count). The van der Waals surface area contributed by atoms with Gasteiger partial charge in [0.2, 0.25) is 0 Å². The van der Waals surface area contributed by atoms with Crippen molar-refractivity contribution in [2.75, 3.05) is 13.2 Å². The van der Waals surface area contributed by atoms with E-state index in [1.54, 1.807) is 18.3 Å². The first-order chi connectivity index (χ1) is 6.77. The van der Waals surface area contributed by atoms with E-state index in [2.05, 4.69) is 6.07 Å². The lowest BCUT2D eigenvalue weighted by atomic mass is 9.99. The smallest absolute Gasteiger partial charge is 0.169 e. The molecule has 0 spiro atoms. The van der Waals surface area contributed by atoms with Crippen molar-refractivity contribution in [1.82, 2.24) is 0 Å². The molecule has 0 saturated carbocycles. The minimum Gasteiger partial charge on any atom is -0.381 e. The maximum atomic E-state index is 11.1. The van der Waals surface area contributed by atoms with Gasteiger partial charge in [-0.1, -0.05) is 0 Å². The number of carbonyl (C=O) groups excluding carboxylic acids is 1. The molecule has 0 atom stereocenters. The van der Waals surface area contributed by atoms with E-state index in [0.29, 0.717) is 5.92 Å². The number of rotatable bonds is 2. The number of ether oxygens (including phenoxy) is 1. The van der Waals surface area contributed by atoms with Crippen LogP contribution in [0, 0.1) is 0 Å². The fraction of sp³-hybridized carbons (Fsp3) is 0.545. The zero-order valence-corrected chi connectivity index (χ0v) is 9.10. The minimum atomic E-state index is 0.174. The molecule has 1 aliphatic heterocycles. The van der Waals surface area contributed by atoms with Crippen LogP contribution in [-0.4, -0.2) is 19.0 Å². The van der Waals surface area contributed by atoms with Crippen molar-refractivity contribution in [2.24, 2.45) is 0 Å². The van der Waals surface area contributed by atoms with E-state index in [4.69, 9.17) is 4.74 Å². The molecule has 0 aromatic carbocycles. The normalized spacial score (nSPS) is 18.4. The molecule has 14 heavy (non-hydrogen) atoms. The van der Waals surface area contributed by atoms with Gasteiger partial charge in [-0.05, 0) is 37.8 Å². The van der Waals surface area contributed by atoms with Gasteiger partial charge in [-0.25, -0.2) is 0 Å². The Morgan fingerprint density at radius 2 is 2.14 bits per heavy atom. The van der Waals surface area contributed by atoms with Crippen molar-refractivity contribution >= 4 is 17.1 Å². The highest BCUT2D eigenvalue weighted by Crippen LogP contribution is 2.32. The molecule has 1 aromatic heterocycles. The fourth-order valence-corrected chi connectivity index (χ4v) is 2.82. The summed E-state index contributed by atoms with van der Waals surface area (Å²) in [4.78, 5) is 13.4. The van der Waals surface area contributed by atoms with Crippen molar-refractivity contribution in [3.05, 3.63) is 21.9 Å². The van der Waals surface area contributed by atoms with Gasteiger partial charge in [-0.2, -0.15) is 0 Å². The van der Waals surface area contributed by atoms with Crippen molar-refractivity contribution < 1.29 is 9.53 Å². The Hall–Kier alpha value is -0.670. The van der Waals surface area contributed by atoms with Crippen LogP contribution in [0.25, 0.3) is 0 Å². The van der Waals surface area contributed by atoms with Crippen LogP contribution in [0.4, 0.5) is 0 Å². The van der Waals surface area contributed by atoms with Crippen LogP contribution in [0.15, 0.2) is 12.1 Å². The molecule has 3 heteroatoms. The molecule has 0 radical (unpaired) electrons. The number of carbonyl (C=O) groups is 1. The number of thiophene rings is 1. The molecule has 1 aromatic rings. The molecule has 0 N–H and O–H groups in total. The molecule has 2 nitrogen and oxygen atoms in total. The number of ketones is 1. The van der Waals surface area contributed by atoms with Gasteiger partial charge in [0, 0.05) is 18.1 Å². The summed E-state index contributed by atoms with van der Waals surface area (Å²) in [7, 11) is 0. The van der Waals surface area contributed by atoms with E-state index in [1.807, 2.05) is 6.07 Å². The lowest BCUT2D eigenvalue weighted by Gasteiger charge is -2.20. The fourth-order valence-electron chi connectivity index (χ4n) is 1.74. The van der Waals surface area contributed by atoms with Gasteiger partial charge in [0.05, 0.1) is 4.88 Å². The molecule has 1 fully saturated rings. The third-order valence-corrected chi connectivity index (χ3v) is 3.95. The predicted molar refractivity (Wildman–Crippen MR) is 57.1 cm³/mol. The molecule has 76 valence electrons. The topological polar surface area (TPSA) is 26.3 Å². The number of hydrogen-bond donors (Lipinski definition) is 0. The zero-order valence-electron chi connectivity index (χ0n) is 8.29. The van der Waals surface area contributed by atoms with Crippen LogP contribution >= 0.6 is 11.3 Å². The second kappa shape index (κ2) is 4.24. The van der Waals surface area contributed by atoms with Gasteiger partial charge >= 0.3 is 0 Å². The number of Topliss-reactive ketones (excluding diaryl/α,β-unsaturated/α-hetero) is 1. The largest absolute Gasteiger partial charge is 0.381 e. The first-order valence-electron chi connectivity index (χ1n) is 4.96. The summed E-state index contributed by atoms with van der Waals surface area (Å²) >= 11 is 1.64. The molecule has 0 bridgehead atoms. The van der Waals surface area contributed by atoms with E-state index in [0.717, 1.165) is 30.9 Å². The van der Waals surface area contributed by atoms with E-state index in [-0.39, 0.29) is 5.78 Å². The van der Waals surface area contributed by atoms with Gasteiger partial charge in [0.15, 0.2) is 5.78 Å². The summed E-state index contributed by atoms with van der Waals surface area (Å²) in [5.41, 5.74) is 0. The van der Waals surface area contributed by atoms with Crippen LogP contribution in [0.1, 0.15) is 40.2 Å². The Morgan fingerprint density at radius 3 is 2.71 bits per heavy atom. The van der Waals surface area contributed by atoms with Gasteiger partial charge in [0.1, 0.15) is 0 Å². The molecular formula is C11H14O2S. The predicted octanol–water partition coefficient (Wildman–Crippen LogP) is 2.84. The summed E-state index contributed by atoms with van der Waals surface area (Å²) in [5.74, 6) is 0.787. The zero-order chi connectivity index (χ0) is 9.97. The van der Waals surface area contributed by atoms with Crippen LogP contribution in [0.3, 0.4) is 0 Å². The lowest BCUT2D eigenvalue weighted by Crippen LogP contribution is -2.12. The van der Waals surface area contributed by atoms with Crippen molar-refractivity contribution in [1.29, 1.82) is 0 Å². The molecule has 0 unspecified atom stereocenters. The average Bonchev–Trinajstić information content (AvgIpc) is 2.68. The third-order valence-electron chi connectivity index (χ3n) is 2.60. The Bertz CT molecular complexity index is 324. The van der Waals surface area contributed by atoms with Gasteiger partial charge in [-0.15, -0.1) is 11.3 Å². The SMILES string of the molecule is CC(=O)c1ccc(C2CCOCC2)s1. The molecule has 1 saturated heterocycles. The molecule has 0 aliphatic carbocycles. The van der Waals surface area contributed by atoms with Gasteiger partial charge < -0.3 is 4.74 Å². The first kappa shape index (κ1) is 9.87. The Morgan fingerprint density at radius 1 is 1.43 bits per heavy atom. The Labute approximate surface area is 87.9 Å². The minimum absolute atomic E-state index is 0.174. The highest BCUT2D eigenvalue weighted by atomic mass is 32.1. The summed E-state index contributed by atoms with van der Waals surface area (Å²) in [5, 5.41) is 0. The number of hydrogen-bond acceptors (Lipinski definition) is 3. The average molecular weight is 210 g/mol. The molecule has 2 heterocycles. The van der Waals surface area contributed by atoms with E-state index < -0.39 is 0 Å². The maximum absolute atomic E-state index is 11.1. The summed E-state index contributed by atoms with van der Waals surface area (Å²) < 4.78 is 5.31. The van der Waals surface area contributed by atoms with Crippen LogP contribution in [-0.2, 0) is 4.74 Å². The highest BCUT2D eigenvalue weighted by Gasteiger charge is 2.18. The first-order valence-corrected chi connectivity index (χ1v) is 5.77. The summed E-state index contributed by atoms with van der Waals surface area (Å²) in [6.45, 7) is 3.34.